The molecule has 0 bridgehead atoms. The summed E-state index contributed by atoms with van der Waals surface area (Å²) in [5.41, 5.74) is 3.21. The minimum atomic E-state index is -0.170. The summed E-state index contributed by atoms with van der Waals surface area (Å²) in [7, 11) is 0. The summed E-state index contributed by atoms with van der Waals surface area (Å²) in [5.74, 6) is -0.170. The summed E-state index contributed by atoms with van der Waals surface area (Å²) in [6.45, 7) is 7.73. The third-order valence-electron chi connectivity index (χ3n) is 1.80. The van der Waals surface area contributed by atoms with E-state index < -0.39 is 0 Å². The molecule has 1 rings (SSSR count). The van der Waals surface area contributed by atoms with Crippen LogP contribution in [0.4, 0.5) is 4.39 Å². The van der Waals surface area contributed by atoms with Crippen LogP contribution in [0.1, 0.15) is 18.1 Å². The van der Waals surface area contributed by atoms with Crippen LogP contribution >= 0.6 is 0 Å². The van der Waals surface area contributed by atoms with Crippen LogP contribution in [-0.2, 0) is 6.42 Å². The van der Waals surface area contributed by atoms with E-state index in [0.717, 1.165) is 23.1 Å². The Hall–Kier alpha value is -1.11. The normalized spacial score (nSPS) is 9.92. The van der Waals surface area contributed by atoms with Crippen molar-refractivity contribution in [3.8, 4) is 0 Å². The van der Waals surface area contributed by atoms with Crippen molar-refractivity contribution in [3.05, 3.63) is 47.3 Å². The van der Waals surface area contributed by atoms with Crippen LogP contribution < -0.4 is 0 Å². The van der Waals surface area contributed by atoms with Gasteiger partial charge in [-0.3, -0.25) is 0 Å². The first-order chi connectivity index (χ1) is 5.59. The van der Waals surface area contributed by atoms with Crippen LogP contribution in [0.3, 0.4) is 0 Å². The summed E-state index contributed by atoms with van der Waals surface area (Å²) in [5, 5.41) is 0. The van der Waals surface area contributed by atoms with Crippen molar-refractivity contribution in [2.24, 2.45) is 0 Å². The third-order valence-corrected chi connectivity index (χ3v) is 1.80. The Balaban J connectivity index is 2.97. The second-order valence-electron chi connectivity index (χ2n) is 3.20. The maximum atomic E-state index is 12.8. The molecule has 1 aromatic carbocycles. The van der Waals surface area contributed by atoms with Crippen LogP contribution in [0.25, 0.3) is 0 Å². The molecule has 0 aliphatic rings. The zero-order valence-corrected chi connectivity index (χ0v) is 7.52. The Morgan fingerprint density at radius 3 is 2.75 bits per heavy atom. The Kier molecular flexibility index (Phi) is 2.64. The molecule has 0 amide bonds. The SMILES string of the molecule is C=C(C)Cc1cc(F)ccc1C. The van der Waals surface area contributed by atoms with Gasteiger partial charge in [0.1, 0.15) is 5.82 Å². The van der Waals surface area contributed by atoms with Crippen LogP contribution in [0.2, 0.25) is 0 Å². The van der Waals surface area contributed by atoms with Gasteiger partial charge in [-0.15, -0.1) is 0 Å². The average molecular weight is 164 g/mol. The van der Waals surface area contributed by atoms with Crippen molar-refractivity contribution in [1.29, 1.82) is 0 Å². The molecule has 0 saturated carbocycles. The number of aryl methyl sites for hydroxylation is 1. The molecule has 0 aliphatic carbocycles. The molecular weight excluding hydrogens is 151 g/mol. The van der Waals surface area contributed by atoms with Gasteiger partial charge in [-0.1, -0.05) is 18.2 Å². The summed E-state index contributed by atoms with van der Waals surface area (Å²) in [6.07, 6.45) is 0.767. The molecule has 0 N–H and O–H groups in total. The van der Waals surface area contributed by atoms with E-state index in [-0.39, 0.29) is 5.82 Å². The van der Waals surface area contributed by atoms with E-state index in [0.29, 0.717) is 0 Å². The molecule has 0 fully saturated rings. The van der Waals surface area contributed by atoms with Gasteiger partial charge >= 0.3 is 0 Å². The van der Waals surface area contributed by atoms with Gasteiger partial charge in [-0.25, -0.2) is 4.39 Å². The standard InChI is InChI=1S/C11H13F/c1-8(2)6-10-7-11(12)5-4-9(10)3/h4-5,7H,1,6H2,2-3H3. The minimum absolute atomic E-state index is 0.170. The highest BCUT2D eigenvalue weighted by Gasteiger charge is 1.99. The maximum Gasteiger partial charge on any atom is 0.123 e. The van der Waals surface area contributed by atoms with Crippen molar-refractivity contribution in [3.63, 3.8) is 0 Å². The minimum Gasteiger partial charge on any atom is -0.207 e. The van der Waals surface area contributed by atoms with E-state index in [1.165, 1.54) is 6.07 Å². The number of hydrogen-bond donors (Lipinski definition) is 0. The lowest BCUT2D eigenvalue weighted by molar-refractivity contribution is 0.625. The van der Waals surface area contributed by atoms with Gasteiger partial charge in [-0.2, -0.15) is 0 Å². The number of hydrogen-bond acceptors (Lipinski definition) is 0. The molecule has 1 aromatic rings. The number of benzene rings is 1. The Labute approximate surface area is 72.7 Å². The topological polar surface area (TPSA) is 0 Å². The molecule has 0 nitrogen and oxygen atoms in total. The Morgan fingerprint density at radius 1 is 1.50 bits per heavy atom. The smallest absolute Gasteiger partial charge is 0.123 e. The van der Waals surface area contributed by atoms with Gasteiger partial charge in [0.25, 0.3) is 0 Å². The van der Waals surface area contributed by atoms with Crippen molar-refractivity contribution in [2.75, 3.05) is 0 Å². The van der Waals surface area contributed by atoms with Gasteiger partial charge in [0, 0.05) is 0 Å². The molecule has 0 aliphatic heterocycles. The monoisotopic (exact) mass is 164 g/mol. The fourth-order valence-corrected chi connectivity index (χ4v) is 1.16. The highest BCUT2D eigenvalue weighted by molar-refractivity contribution is 5.29. The number of rotatable bonds is 2. The van der Waals surface area contributed by atoms with E-state index in [9.17, 15) is 4.39 Å². The van der Waals surface area contributed by atoms with Crippen molar-refractivity contribution in [2.45, 2.75) is 20.3 Å². The van der Waals surface area contributed by atoms with Crippen LogP contribution in [0.15, 0.2) is 30.4 Å². The zero-order chi connectivity index (χ0) is 9.14. The molecule has 12 heavy (non-hydrogen) atoms. The first-order valence-electron chi connectivity index (χ1n) is 3.99. The lowest BCUT2D eigenvalue weighted by atomic mass is 10.0. The summed E-state index contributed by atoms with van der Waals surface area (Å²) < 4.78 is 12.8. The van der Waals surface area contributed by atoms with E-state index in [1.54, 1.807) is 12.1 Å². The summed E-state index contributed by atoms with van der Waals surface area (Å²) >= 11 is 0. The molecule has 0 saturated heterocycles. The van der Waals surface area contributed by atoms with Gasteiger partial charge in [0.05, 0.1) is 0 Å². The zero-order valence-electron chi connectivity index (χ0n) is 7.52. The molecule has 0 radical (unpaired) electrons. The third kappa shape index (κ3) is 2.19. The Bertz CT molecular complexity index is 300. The highest BCUT2D eigenvalue weighted by Crippen LogP contribution is 2.13. The maximum absolute atomic E-state index is 12.8. The molecule has 0 unspecified atom stereocenters. The van der Waals surface area contributed by atoms with Gasteiger partial charge < -0.3 is 0 Å². The highest BCUT2D eigenvalue weighted by atomic mass is 19.1. The average Bonchev–Trinajstić information content (AvgIpc) is 1.96. The first-order valence-corrected chi connectivity index (χ1v) is 3.99. The van der Waals surface area contributed by atoms with Gasteiger partial charge in [0.15, 0.2) is 0 Å². The predicted molar refractivity (Wildman–Crippen MR) is 49.7 cm³/mol. The van der Waals surface area contributed by atoms with Gasteiger partial charge in [0.2, 0.25) is 0 Å². The molecule has 1 heteroatoms. The van der Waals surface area contributed by atoms with Crippen molar-refractivity contribution in [1.82, 2.24) is 0 Å². The van der Waals surface area contributed by atoms with E-state index >= 15 is 0 Å². The predicted octanol–water partition coefficient (Wildman–Crippen LogP) is 3.25. The van der Waals surface area contributed by atoms with E-state index in [2.05, 4.69) is 6.58 Å². The molecule has 0 aromatic heterocycles. The van der Waals surface area contributed by atoms with E-state index in [1.807, 2.05) is 13.8 Å². The number of halogens is 1. The fraction of sp³-hybridized carbons (Fsp3) is 0.273. The van der Waals surface area contributed by atoms with Crippen LogP contribution in [0, 0.1) is 12.7 Å². The molecule has 0 heterocycles. The first kappa shape index (κ1) is 8.98. The summed E-state index contributed by atoms with van der Waals surface area (Å²) in [6, 6.07) is 4.86. The van der Waals surface area contributed by atoms with E-state index in [4.69, 9.17) is 0 Å². The van der Waals surface area contributed by atoms with Crippen molar-refractivity contribution < 1.29 is 4.39 Å². The molecule has 64 valence electrons. The second kappa shape index (κ2) is 3.53. The lowest BCUT2D eigenvalue weighted by Gasteiger charge is -2.04. The lowest BCUT2D eigenvalue weighted by Crippen LogP contribution is -1.91. The van der Waals surface area contributed by atoms with Crippen LogP contribution in [0.5, 0.6) is 0 Å². The van der Waals surface area contributed by atoms with Crippen molar-refractivity contribution >= 4 is 0 Å². The molecule has 0 spiro atoms. The molecule has 0 atom stereocenters. The second-order valence-corrected chi connectivity index (χ2v) is 3.20. The molecular formula is C11H13F. The quantitative estimate of drug-likeness (QED) is 0.588. The number of allylic oxidation sites excluding steroid dienone is 1. The Morgan fingerprint density at radius 2 is 2.17 bits per heavy atom. The fourth-order valence-electron chi connectivity index (χ4n) is 1.16. The van der Waals surface area contributed by atoms with Crippen LogP contribution in [-0.4, -0.2) is 0 Å². The summed E-state index contributed by atoms with van der Waals surface area (Å²) in [4.78, 5) is 0. The largest absolute Gasteiger partial charge is 0.207 e. The van der Waals surface area contributed by atoms with Gasteiger partial charge in [-0.05, 0) is 43.5 Å².